The number of hydrogen-bond acceptors (Lipinski definition) is 2. The third-order valence-corrected chi connectivity index (χ3v) is 3.46. The van der Waals surface area contributed by atoms with Gasteiger partial charge in [-0.15, -0.1) is 0 Å². The van der Waals surface area contributed by atoms with E-state index in [0.717, 1.165) is 22.5 Å². The van der Waals surface area contributed by atoms with E-state index in [1.165, 1.54) is 5.56 Å². The van der Waals surface area contributed by atoms with Crippen LogP contribution in [0.2, 0.25) is 5.15 Å². The number of aromatic nitrogens is 2. The van der Waals surface area contributed by atoms with Crippen molar-refractivity contribution in [2.75, 3.05) is 6.61 Å². The Hall–Kier alpha value is -1.32. The zero-order valence-electron chi connectivity index (χ0n) is 10.9. The zero-order valence-corrected chi connectivity index (χ0v) is 11.6. The summed E-state index contributed by atoms with van der Waals surface area (Å²) in [6, 6.07) is 6.19. The quantitative estimate of drug-likeness (QED) is 0.926. The Kier molecular flexibility index (Phi) is 3.73. The van der Waals surface area contributed by atoms with Crippen LogP contribution in [0.1, 0.15) is 22.4 Å². The van der Waals surface area contributed by atoms with Gasteiger partial charge < -0.3 is 5.11 Å². The Morgan fingerprint density at radius 3 is 2.67 bits per heavy atom. The predicted molar refractivity (Wildman–Crippen MR) is 73.6 cm³/mol. The lowest BCUT2D eigenvalue weighted by Gasteiger charge is -2.08. The van der Waals surface area contributed by atoms with E-state index in [2.05, 4.69) is 23.3 Å². The SMILES string of the molecule is Cc1ccc(C)c(-n2nc(C)c(CCO)c2Cl)c1. The molecule has 2 aromatic rings. The van der Waals surface area contributed by atoms with E-state index in [1.807, 2.05) is 20.8 Å². The van der Waals surface area contributed by atoms with Crippen molar-refractivity contribution >= 4 is 11.6 Å². The van der Waals surface area contributed by atoms with Crippen LogP contribution in [0.5, 0.6) is 0 Å². The highest BCUT2D eigenvalue weighted by atomic mass is 35.5. The van der Waals surface area contributed by atoms with Gasteiger partial charge in [0.05, 0.1) is 11.4 Å². The van der Waals surface area contributed by atoms with Crippen LogP contribution in [-0.2, 0) is 6.42 Å². The molecule has 0 fully saturated rings. The summed E-state index contributed by atoms with van der Waals surface area (Å²) in [5.74, 6) is 0. The molecule has 0 saturated heterocycles. The number of aliphatic hydroxyl groups excluding tert-OH is 1. The molecule has 1 aromatic heterocycles. The minimum absolute atomic E-state index is 0.0824. The van der Waals surface area contributed by atoms with Crippen molar-refractivity contribution in [3.05, 3.63) is 45.7 Å². The normalized spacial score (nSPS) is 10.9. The van der Waals surface area contributed by atoms with Gasteiger partial charge in [-0.2, -0.15) is 5.10 Å². The minimum atomic E-state index is 0.0824. The van der Waals surface area contributed by atoms with Crippen molar-refractivity contribution in [2.45, 2.75) is 27.2 Å². The van der Waals surface area contributed by atoms with Gasteiger partial charge in [0.2, 0.25) is 0 Å². The first-order valence-corrected chi connectivity index (χ1v) is 6.35. The molecule has 0 unspecified atom stereocenters. The van der Waals surface area contributed by atoms with Gasteiger partial charge in [-0.1, -0.05) is 23.7 Å². The minimum Gasteiger partial charge on any atom is -0.396 e. The van der Waals surface area contributed by atoms with Crippen LogP contribution in [0.15, 0.2) is 18.2 Å². The maximum absolute atomic E-state index is 9.05. The second kappa shape index (κ2) is 5.12. The van der Waals surface area contributed by atoms with Crippen molar-refractivity contribution in [3.8, 4) is 5.69 Å². The van der Waals surface area contributed by atoms with Crippen LogP contribution in [0.4, 0.5) is 0 Å². The second-order valence-electron chi connectivity index (χ2n) is 4.53. The molecule has 1 aromatic carbocycles. The largest absolute Gasteiger partial charge is 0.396 e. The van der Waals surface area contributed by atoms with E-state index in [9.17, 15) is 0 Å². The van der Waals surface area contributed by atoms with E-state index >= 15 is 0 Å². The predicted octanol–water partition coefficient (Wildman–Crippen LogP) is 2.99. The van der Waals surface area contributed by atoms with Crippen LogP contribution in [0.25, 0.3) is 5.69 Å². The van der Waals surface area contributed by atoms with E-state index in [1.54, 1.807) is 4.68 Å². The van der Waals surface area contributed by atoms with Crippen LogP contribution < -0.4 is 0 Å². The van der Waals surface area contributed by atoms with Gasteiger partial charge >= 0.3 is 0 Å². The van der Waals surface area contributed by atoms with Gasteiger partial charge in [0.1, 0.15) is 5.15 Å². The number of halogens is 1. The number of rotatable bonds is 3. The third-order valence-electron chi connectivity index (χ3n) is 3.08. The van der Waals surface area contributed by atoms with Crippen molar-refractivity contribution in [3.63, 3.8) is 0 Å². The van der Waals surface area contributed by atoms with E-state index in [0.29, 0.717) is 11.6 Å². The van der Waals surface area contributed by atoms with Gasteiger partial charge in [0.25, 0.3) is 0 Å². The molecule has 0 spiro atoms. The van der Waals surface area contributed by atoms with Gasteiger partial charge in [-0.25, -0.2) is 4.68 Å². The van der Waals surface area contributed by atoms with Gasteiger partial charge in [0, 0.05) is 18.6 Å². The Morgan fingerprint density at radius 2 is 2.00 bits per heavy atom. The van der Waals surface area contributed by atoms with Gasteiger partial charge in [0.15, 0.2) is 0 Å². The van der Waals surface area contributed by atoms with E-state index in [4.69, 9.17) is 16.7 Å². The molecule has 3 nitrogen and oxygen atoms in total. The molecule has 1 heterocycles. The Bertz CT molecular complexity index is 575. The van der Waals surface area contributed by atoms with Crippen LogP contribution in [-0.4, -0.2) is 21.5 Å². The average Bonchev–Trinajstić information content (AvgIpc) is 2.61. The summed E-state index contributed by atoms with van der Waals surface area (Å²) < 4.78 is 1.75. The fourth-order valence-electron chi connectivity index (χ4n) is 2.03. The van der Waals surface area contributed by atoms with Crippen LogP contribution in [0, 0.1) is 20.8 Å². The number of aryl methyl sites for hydroxylation is 3. The lowest BCUT2D eigenvalue weighted by atomic mass is 10.1. The smallest absolute Gasteiger partial charge is 0.136 e. The first-order chi connectivity index (χ1) is 8.54. The van der Waals surface area contributed by atoms with Gasteiger partial charge in [-0.05, 0) is 38.0 Å². The maximum atomic E-state index is 9.05. The zero-order chi connectivity index (χ0) is 13.3. The molecule has 0 amide bonds. The molecular formula is C14H17ClN2O. The molecule has 1 N–H and O–H groups in total. The average molecular weight is 265 g/mol. The highest BCUT2D eigenvalue weighted by Crippen LogP contribution is 2.26. The first-order valence-electron chi connectivity index (χ1n) is 5.97. The topological polar surface area (TPSA) is 38.0 Å². The van der Waals surface area contributed by atoms with Crippen molar-refractivity contribution in [1.29, 1.82) is 0 Å². The summed E-state index contributed by atoms with van der Waals surface area (Å²) in [4.78, 5) is 0. The number of aliphatic hydroxyl groups is 1. The lowest BCUT2D eigenvalue weighted by Crippen LogP contribution is -2.00. The molecule has 0 aliphatic carbocycles. The van der Waals surface area contributed by atoms with E-state index < -0.39 is 0 Å². The van der Waals surface area contributed by atoms with Crippen molar-refractivity contribution in [1.82, 2.24) is 9.78 Å². The fourth-order valence-corrected chi connectivity index (χ4v) is 2.39. The monoisotopic (exact) mass is 264 g/mol. The lowest BCUT2D eigenvalue weighted by molar-refractivity contribution is 0.299. The molecule has 0 aliphatic rings. The molecule has 2 rings (SSSR count). The maximum Gasteiger partial charge on any atom is 0.136 e. The standard InChI is InChI=1S/C14H17ClN2O/c1-9-4-5-10(2)13(8-9)17-14(15)12(6-7-18)11(3)16-17/h4-5,8,18H,6-7H2,1-3H3. The van der Waals surface area contributed by atoms with Crippen LogP contribution in [0.3, 0.4) is 0 Å². The Labute approximate surface area is 112 Å². The molecule has 0 aliphatic heterocycles. The summed E-state index contributed by atoms with van der Waals surface area (Å²) in [6.07, 6.45) is 0.537. The fraction of sp³-hybridized carbons (Fsp3) is 0.357. The summed E-state index contributed by atoms with van der Waals surface area (Å²) in [6.45, 7) is 6.08. The molecule has 4 heteroatoms. The highest BCUT2D eigenvalue weighted by molar-refractivity contribution is 6.30. The summed E-state index contributed by atoms with van der Waals surface area (Å²) >= 11 is 6.36. The number of nitrogens with zero attached hydrogens (tertiary/aromatic N) is 2. The molecule has 0 radical (unpaired) electrons. The molecular weight excluding hydrogens is 248 g/mol. The summed E-state index contributed by atoms with van der Waals surface area (Å²) in [7, 11) is 0. The molecule has 18 heavy (non-hydrogen) atoms. The number of benzene rings is 1. The summed E-state index contributed by atoms with van der Waals surface area (Å²) in [5.41, 5.74) is 5.08. The third kappa shape index (κ3) is 2.28. The number of hydrogen-bond donors (Lipinski definition) is 1. The van der Waals surface area contributed by atoms with Crippen molar-refractivity contribution in [2.24, 2.45) is 0 Å². The Balaban J connectivity index is 2.57. The first kappa shape index (κ1) is 13.1. The Morgan fingerprint density at radius 1 is 1.28 bits per heavy atom. The molecule has 0 atom stereocenters. The van der Waals surface area contributed by atoms with Gasteiger partial charge in [-0.3, -0.25) is 0 Å². The van der Waals surface area contributed by atoms with Crippen molar-refractivity contribution < 1.29 is 5.11 Å². The van der Waals surface area contributed by atoms with Crippen LogP contribution >= 0.6 is 11.6 Å². The molecule has 96 valence electrons. The molecule has 0 saturated carbocycles. The summed E-state index contributed by atoms with van der Waals surface area (Å²) in [5, 5.41) is 14.1. The second-order valence-corrected chi connectivity index (χ2v) is 4.89. The molecule has 0 bridgehead atoms. The highest BCUT2D eigenvalue weighted by Gasteiger charge is 2.15. The van der Waals surface area contributed by atoms with E-state index in [-0.39, 0.29) is 6.61 Å².